The van der Waals surface area contributed by atoms with Gasteiger partial charge < -0.3 is 10.1 Å². The van der Waals surface area contributed by atoms with E-state index in [1.807, 2.05) is 26.8 Å². The quantitative estimate of drug-likeness (QED) is 0.448. The van der Waals surface area contributed by atoms with Crippen molar-refractivity contribution in [3.05, 3.63) is 88.5 Å². The molecule has 7 nitrogen and oxygen atoms in total. The van der Waals surface area contributed by atoms with Crippen LogP contribution >= 0.6 is 0 Å². The van der Waals surface area contributed by atoms with Crippen molar-refractivity contribution in [1.82, 2.24) is 0 Å². The molecule has 8 heteroatoms. The van der Waals surface area contributed by atoms with E-state index in [-0.39, 0.29) is 11.5 Å². The Morgan fingerprint density at radius 2 is 1.60 bits per heavy atom. The van der Waals surface area contributed by atoms with Gasteiger partial charge in [-0.15, -0.1) is 0 Å². The summed E-state index contributed by atoms with van der Waals surface area (Å²) in [4.78, 5) is 25.2. The maximum absolute atomic E-state index is 13.6. The van der Waals surface area contributed by atoms with Crippen molar-refractivity contribution < 1.29 is 22.7 Å². The minimum atomic E-state index is -4.02. The molecule has 0 aromatic heterocycles. The summed E-state index contributed by atoms with van der Waals surface area (Å²) in [5, 5.41) is 2.78. The van der Waals surface area contributed by atoms with Crippen LogP contribution in [0.1, 0.15) is 39.5 Å². The van der Waals surface area contributed by atoms with E-state index >= 15 is 0 Å². The number of aryl methyl sites for hydroxylation is 3. The van der Waals surface area contributed by atoms with E-state index in [1.165, 1.54) is 0 Å². The summed E-state index contributed by atoms with van der Waals surface area (Å²) in [5.74, 6) is -0.952. The van der Waals surface area contributed by atoms with E-state index in [4.69, 9.17) is 4.74 Å². The Morgan fingerprint density at radius 1 is 0.914 bits per heavy atom. The molecule has 0 spiro atoms. The van der Waals surface area contributed by atoms with E-state index in [2.05, 4.69) is 5.32 Å². The molecule has 184 valence electrons. The van der Waals surface area contributed by atoms with Gasteiger partial charge >= 0.3 is 5.97 Å². The number of amides is 1. The van der Waals surface area contributed by atoms with Crippen LogP contribution in [0, 0.1) is 27.7 Å². The number of esters is 1. The number of rotatable bonds is 8. The Kier molecular flexibility index (Phi) is 7.96. The molecule has 0 fully saturated rings. The second-order valence-electron chi connectivity index (χ2n) is 8.34. The number of ether oxygens (including phenoxy) is 1. The molecule has 1 N–H and O–H groups in total. The van der Waals surface area contributed by atoms with Gasteiger partial charge in [-0.1, -0.05) is 29.8 Å². The Morgan fingerprint density at radius 3 is 2.23 bits per heavy atom. The lowest BCUT2D eigenvalue weighted by atomic mass is 10.1. The smallest absolute Gasteiger partial charge is 0.338 e. The van der Waals surface area contributed by atoms with Crippen LogP contribution in [-0.2, 0) is 19.6 Å². The summed E-state index contributed by atoms with van der Waals surface area (Å²) in [5.41, 5.74) is 4.57. The molecule has 35 heavy (non-hydrogen) atoms. The standard InChI is InChI=1S/C27H30N2O5S/c1-6-34-27(31)22-12-15-24(20(4)16-22)28-26(30)17-29(25-9-7-8-19(3)21(25)5)35(32,33)23-13-10-18(2)11-14-23/h7-16H,6,17H2,1-5H3,(H,28,30). The molecule has 3 aromatic rings. The molecule has 3 aromatic carbocycles. The van der Waals surface area contributed by atoms with Crippen LogP contribution in [0.2, 0.25) is 0 Å². The summed E-state index contributed by atoms with van der Waals surface area (Å²) < 4.78 is 33.4. The van der Waals surface area contributed by atoms with Gasteiger partial charge in [-0.3, -0.25) is 9.10 Å². The van der Waals surface area contributed by atoms with Gasteiger partial charge in [0.2, 0.25) is 5.91 Å². The highest BCUT2D eigenvalue weighted by Gasteiger charge is 2.28. The topological polar surface area (TPSA) is 92.8 Å². The average molecular weight is 495 g/mol. The number of nitrogens with one attached hydrogen (secondary N) is 1. The van der Waals surface area contributed by atoms with Gasteiger partial charge in [0, 0.05) is 5.69 Å². The van der Waals surface area contributed by atoms with Crippen LogP contribution in [0.3, 0.4) is 0 Å². The maximum atomic E-state index is 13.6. The van der Waals surface area contributed by atoms with Crippen LogP contribution in [0.4, 0.5) is 11.4 Å². The molecule has 0 aliphatic heterocycles. The second-order valence-corrected chi connectivity index (χ2v) is 10.2. The zero-order valence-electron chi connectivity index (χ0n) is 20.6. The van der Waals surface area contributed by atoms with Crippen LogP contribution in [0.15, 0.2) is 65.6 Å². The third kappa shape index (κ3) is 5.89. The van der Waals surface area contributed by atoms with E-state index in [1.54, 1.807) is 68.4 Å². The Balaban J connectivity index is 1.94. The van der Waals surface area contributed by atoms with Gasteiger partial charge in [0.05, 0.1) is 22.8 Å². The highest BCUT2D eigenvalue weighted by Crippen LogP contribution is 2.29. The van der Waals surface area contributed by atoms with Gasteiger partial charge in [-0.2, -0.15) is 0 Å². The van der Waals surface area contributed by atoms with Gasteiger partial charge in [0.15, 0.2) is 0 Å². The first kappa shape index (κ1) is 26.0. The van der Waals surface area contributed by atoms with E-state index in [0.29, 0.717) is 22.5 Å². The van der Waals surface area contributed by atoms with Crippen molar-refractivity contribution >= 4 is 33.3 Å². The number of hydrogen-bond donors (Lipinski definition) is 1. The molecule has 0 heterocycles. The molecule has 0 saturated heterocycles. The maximum Gasteiger partial charge on any atom is 0.338 e. The Bertz CT molecular complexity index is 1350. The van der Waals surface area contributed by atoms with Crippen molar-refractivity contribution in [2.75, 3.05) is 22.8 Å². The van der Waals surface area contributed by atoms with Gasteiger partial charge in [0.25, 0.3) is 10.0 Å². The highest BCUT2D eigenvalue weighted by molar-refractivity contribution is 7.92. The van der Waals surface area contributed by atoms with Crippen LogP contribution in [0.25, 0.3) is 0 Å². The second kappa shape index (κ2) is 10.7. The number of anilines is 2. The molecule has 1 amide bonds. The highest BCUT2D eigenvalue weighted by atomic mass is 32.2. The summed E-state index contributed by atoms with van der Waals surface area (Å²) >= 11 is 0. The first-order valence-electron chi connectivity index (χ1n) is 11.3. The fourth-order valence-electron chi connectivity index (χ4n) is 3.61. The number of benzene rings is 3. The van der Waals surface area contributed by atoms with Crippen LogP contribution in [0.5, 0.6) is 0 Å². The van der Waals surface area contributed by atoms with Crippen molar-refractivity contribution in [2.45, 2.75) is 39.5 Å². The third-order valence-corrected chi connectivity index (χ3v) is 7.53. The summed E-state index contributed by atoms with van der Waals surface area (Å²) in [7, 11) is -4.02. The summed E-state index contributed by atoms with van der Waals surface area (Å²) in [6, 6.07) is 16.7. The largest absolute Gasteiger partial charge is 0.462 e. The summed E-state index contributed by atoms with van der Waals surface area (Å²) in [6.45, 7) is 8.93. The van der Waals surface area contributed by atoms with E-state index in [9.17, 15) is 18.0 Å². The number of sulfonamides is 1. The van der Waals surface area contributed by atoms with E-state index in [0.717, 1.165) is 21.0 Å². The molecule has 0 bridgehead atoms. The normalized spacial score (nSPS) is 11.1. The Hall–Kier alpha value is -3.65. The predicted octanol–water partition coefficient (Wildman–Crippen LogP) is 4.93. The van der Waals surface area contributed by atoms with Crippen molar-refractivity contribution in [3.63, 3.8) is 0 Å². The molecular formula is C27H30N2O5S. The SMILES string of the molecule is CCOC(=O)c1ccc(NC(=O)CN(c2cccc(C)c2C)S(=O)(=O)c2ccc(C)cc2)c(C)c1. The number of nitrogens with zero attached hydrogens (tertiary/aromatic N) is 1. The molecule has 0 saturated carbocycles. The molecule has 3 rings (SSSR count). The molecule has 0 unspecified atom stereocenters. The molecule has 0 radical (unpaired) electrons. The lowest BCUT2D eigenvalue weighted by Crippen LogP contribution is -2.38. The fourth-order valence-corrected chi connectivity index (χ4v) is 5.09. The first-order chi connectivity index (χ1) is 16.5. The summed E-state index contributed by atoms with van der Waals surface area (Å²) in [6.07, 6.45) is 0. The van der Waals surface area contributed by atoms with Crippen molar-refractivity contribution in [2.24, 2.45) is 0 Å². The molecule has 0 aliphatic rings. The van der Waals surface area contributed by atoms with Crippen LogP contribution in [-0.4, -0.2) is 33.4 Å². The number of hydrogen-bond acceptors (Lipinski definition) is 5. The molecular weight excluding hydrogens is 464 g/mol. The first-order valence-corrected chi connectivity index (χ1v) is 12.7. The Labute approximate surface area is 206 Å². The minimum absolute atomic E-state index is 0.103. The fraction of sp³-hybridized carbons (Fsp3) is 0.259. The average Bonchev–Trinajstić information content (AvgIpc) is 2.81. The van der Waals surface area contributed by atoms with Gasteiger partial charge in [-0.05, 0) is 87.7 Å². The van der Waals surface area contributed by atoms with Gasteiger partial charge in [-0.25, -0.2) is 13.2 Å². The monoisotopic (exact) mass is 494 g/mol. The predicted molar refractivity (Wildman–Crippen MR) is 137 cm³/mol. The van der Waals surface area contributed by atoms with Crippen LogP contribution < -0.4 is 9.62 Å². The number of carbonyl (C=O) groups is 2. The van der Waals surface area contributed by atoms with Gasteiger partial charge in [0.1, 0.15) is 6.54 Å². The van der Waals surface area contributed by atoms with E-state index < -0.39 is 28.4 Å². The zero-order chi connectivity index (χ0) is 25.8. The number of carbonyl (C=O) groups excluding carboxylic acids is 2. The van der Waals surface area contributed by atoms with Crippen molar-refractivity contribution in [1.29, 1.82) is 0 Å². The minimum Gasteiger partial charge on any atom is -0.462 e. The lowest BCUT2D eigenvalue weighted by molar-refractivity contribution is -0.114. The zero-order valence-corrected chi connectivity index (χ0v) is 21.4. The third-order valence-electron chi connectivity index (χ3n) is 5.75. The van der Waals surface area contributed by atoms with Crippen molar-refractivity contribution in [3.8, 4) is 0 Å². The molecule has 0 aliphatic carbocycles. The lowest BCUT2D eigenvalue weighted by Gasteiger charge is -2.26. The molecule has 0 atom stereocenters.